The summed E-state index contributed by atoms with van der Waals surface area (Å²) in [5, 5.41) is 1.16. The molecule has 3 aromatic heterocycles. The van der Waals surface area contributed by atoms with Crippen LogP contribution in [0.1, 0.15) is 24.7 Å². The Bertz CT molecular complexity index is 1030. The van der Waals surface area contributed by atoms with Crippen molar-refractivity contribution in [2.45, 2.75) is 39.8 Å². The molecule has 1 aromatic carbocycles. The Labute approximate surface area is 153 Å². The van der Waals surface area contributed by atoms with Crippen LogP contribution in [0.25, 0.3) is 22.3 Å². The number of fused-ring (bicyclic) bond motifs is 1. The first-order valence-corrected chi connectivity index (χ1v) is 9.13. The second-order valence-corrected chi connectivity index (χ2v) is 6.52. The number of aromatic nitrogens is 5. The van der Waals surface area contributed by atoms with Crippen LogP contribution in [0.3, 0.4) is 0 Å². The van der Waals surface area contributed by atoms with E-state index in [1.165, 1.54) is 11.1 Å². The van der Waals surface area contributed by atoms with Gasteiger partial charge in [0.1, 0.15) is 11.6 Å². The van der Waals surface area contributed by atoms with E-state index >= 15 is 0 Å². The summed E-state index contributed by atoms with van der Waals surface area (Å²) >= 11 is 0. The molecule has 0 saturated heterocycles. The highest BCUT2D eigenvalue weighted by atomic mass is 15.1. The van der Waals surface area contributed by atoms with Gasteiger partial charge in [-0.2, -0.15) is 0 Å². The summed E-state index contributed by atoms with van der Waals surface area (Å²) in [7, 11) is 0. The molecule has 0 N–H and O–H groups in total. The fourth-order valence-electron chi connectivity index (χ4n) is 3.55. The van der Waals surface area contributed by atoms with Crippen LogP contribution in [-0.4, -0.2) is 24.1 Å². The van der Waals surface area contributed by atoms with Gasteiger partial charge in [0.05, 0.1) is 5.52 Å². The van der Waals surface area contributed by atoms with Crippen molar-refractivity contribution in [1.82, 2.24) is 24.1 Å². The van der Waals surface area contributed by atoms with Crippen LogP contribution in [0, 0.1) is 6.92 Å². The zero-order valence-corrected chi connectivity index (χ0v) is 15.3. The van der Waals surface area contributed by atoms with E-state index in [-0.39, 0.29) is 0 Å². The van der Waals surface area contributed by atoms with Gasteiger partial charge in [0.25, 0.3) is 0 Å². The number of hydrogen-bond donors (Lipinski definition) is 0. The molecule has 0 aliphatic carbocycles. The largest absolute Gasteiger partial charge is 0.335 e. The van der Waals surface area contributed by atoms with Crippen molar-refractivity contribution in [2.24, 2.45) is 0 Å². The highest BCUT2D eigenvalue weighted by Crippen LogP contribution is 2.30. The highest BCUT2D eigenvalue weighted by Gasteiger charge is 2.13. The molecule has 0 radical (unpaired) electrons. The molecule has 0 amide bonds. The van der Waals surface area contributed by atoms with Crippen molar-refractivity contribution < 1.29 is 0 Å². The Hall–Kier alpha value is -2.95. The first kappa shape index (κ1) is 16.5. The van der Waals surface area contributed by atoms with Crippen LogP contribution in [0.5, 0.6) is 0 Å². The number of nitrogens with zero attached hydrogens (tertiary/aromatic N) is 5. The van der Waals surface area contributed by atoms with Crippen molar-refractivity contribution >= 4 is 10.9 Å². The summed E-state index contributed by atoms with van der Waals surface area (Å²) in [5.41, 5.74) is 3.41. The average Bonchev–Trinajstić information content (AvgIpc) is 3.31. The van der Waals surface area contributed by atoms with Gasteiger partial charge in [0, 0.05) is 61.4 Å². The van der Waals surface area contributed by atoms with Gasteiger partial charge in [-0.3, -0.25) is 4.98 Å². The quantitative estimate of drug-likeness (QED) is 0.525. The molecule has 5 heteroatoms. The molecule has 132 valence electrons. The minimum absolute atomic E-state index is 0.923. The average molecular weight is 345 g/mol. The molecule has 0 aliphatic heterocycles. The number of hydrogen-bond acceptors (Lipinski definition) is 3. The van der Waals surface area contributed by atoms with Crippen LogP contribution in [-0.2, 0) is 19.5 Å². The Morgan fingerprint density at radius 1 is 0.885 bits per heavy atom. The Kier molecular flexibility index (Phi) is 4.52. The van der Waals surface area contributed by atoms with Crippen molar-refractivity contribution in [3.05, 3.63) is 66.6 Å². The van der Waals surface area contributed by atoms with Crippen molar-refractivity contribution in [3.63, 3.8) is 0 Å². The number of rotatable bonds is 6. The van der Waals surface area contributed by atoms with Crippen LogP contribution in [0.4, 0.5) is 0 Å². The summed E-state index contributed by atoms with van der Waals surface area (Å²) in [5.74, 6) is 2.16. The summed E-state index contributed by atoms with van der Waals surface area (Å²) in [6.07, 6.45) is 11.7. The second kappa shape index (κ2) is 7.12. The number of pyridine rings is 1. The maximum atomic E-state index is 4.66. The van der Waals surface area contributed by atoms with E-state index in [2.05, 4.69) is 68.5 Å². The standard InChI is InChI=1S/C21H23N5/c1-3-19-23-10-14-25(19)12-5-13-26-15-11-24-21(26)20-16(2)7-8-18-17(20)6-4-9-22-18/h4,6-11,14-15H,3,5,12-13H2,1-2H3. The summed E-state index contributed by atoms with van der Waals surface area (Å²) in [6.45, 7) is 6.17. The SMILES string of the molecule is CCc1nccn1CCCn1ccnc1-c1c(C)ccc2ncccc12. The van der Waals surface area contributed by atoms with E-state index in [9.17, 15) is 0 Å². The van der Waals surface area contributed by atoms with Crippen LogP contribution in [0.2, 0.25) is 0 Å². The Balaban J connectivity index is 1.61. The maximum Gasteiger partial charge on any atom is 0.140 e. The fourth-order valence-corrected chi connectivity index (χ4v) is 3.55. The topological polar surface area (TPSA) is 48.5 Å². The van der Waals surface area contributed by atoms with Gasteiger partial charge >= 0.3 is 0 Å². The van der Waals surface area contributed by atoms with E-state index in [1.54, 1.807) is 0 Å². The molecular weight excluding hydrogens is 322 g/mol. The van der Waals surface area contributed by atoms with Gasteiger partial charge in [0.15, 0.2) is 0 Å². The lowest BCUT2D eigenvalue weighted by Gasteiger charge is -2.13. The van der Waals surface area contributed by atoms with Gasteiger partial charge in [-0.15, -0.1) is 0 Å². The van der Waals surface area contributed by atoms with E-state index in [0.29, 0.717) is 0 Å². The van der Waals surface area contributed by atoms with E-state index in [1.807, 2.05) is 24.7 Å². The lowest BCUT2D eigenvalue weighted by atomic mass is 10.0. The van der Waals surface area contributed by atoms with Gasteiger partial charge in [-0.25, -0.2) is 9.97 Å². The van der Waals surface area contributed by atoms with Crippen molar-refractivity contribution in [2.75, 3.05) is 0 Å². The van der Waals surface area contributed by atoms with E-state index < -0.39 is 0 Å². The first-order valence-electron chi connectivity index (χ1n) is 9.13. The number of imidazole rings is 2. The molecule has 0 bridgehead atoms. The molecule has 0 unspecified atom stereocenters. The van der Waals surface area contributed by atoms with Gasteiger partial charge in [-0.05, 0) is 31.0 Å². The third-order valence-corrected chi connectivity index (χ3v) is 4.85. The number of aryl methyl sites for hydroxylation is 4. The zero-order chi connectivity index (χ0) is 17.9. The molecule has 4 aromatic rings. The number of benzene rings is 1. The molecule has 4 rings (SSSR count). The minimum Gasteiger partial charge on any atom is -0.335 e. The lowest BCUT2D eigenvalue weighted by Crippen LogP contribution is -2.07. The van der Waals surface area contributed by atoms with Crippen LogP contribution >= 0.6 is 0 Å². The normalized spacial score (nSPS) is 11.3. The van der Waals surface area contributed by atoms with E-state index in [0.717, 1.165) is 48.5 Å². The summed E-state index contributed by atoms with van der Waals surface area (Å²) in [6, 6.07) is 8.32. The molecule has 0 aliphatic rings. The monoisotopic (exact) mass is 345 g/mol. The summed E-state index contributed by atoms with van der Waals surface area (Å²) < 4.78 is 4.49. The molecule has 0 saturated carbocycles. The molecule has 0 spiro atoms. The smallest absolute Gasteiger partial charge is 0.140 e. The van der Waals surface area contributed by atoms with E-state index in [4.69, 9.17) is 0 Å². The van der Waals surface area contributed by atoms with Crippen molar-refractivity contribution in [1.29, 1.82) is 0 Å². The third-order valence-electron chi connectivity index (χ3n) is 4.85. The molecule has 3 heterocycles. The minimum atomic E-state index is 0.923. The zero-order valence-electron chi connectivity index (χ0n) is 15.3. The first-order chi connectivity index (χ1) is 12.8. The van der Waals surface area contributed by atoms with Crippen LogP contribution < -0.4 is 0 Å². The summed E-state index contributed by atoms with van der Waals surface area (Å²) in [4.78, 5) is 13.6. The van der Waals surface area contributed by atoms with Gasteiger partial charge in [0.2, 0.25) is 0 Å². The highest BCUT2D eigenvalue weighted by molar-refractivity contribution is 5.94. The molecule has 0 fully saturated rings. The van der Waals surface area contributed by atoms with Gasteiger partial charge in [-0.1, -0.05) is 19.1 Å². The Morgan fingerprint density at radius 2 is 1.69 bits per heavy atom. The predicted molar refractivity (Wildman–Crippen MR) is 104 cm³/mol. The Morgan fingerprint density at radius 3 is 2.58 bits per heavy atom. The second-order valence-electron chi connectivity index (χ2n) is 6.52. The van der Waals surface area contributed by atoms with Crippen LogP contribution in [0.15, 0.2) is 55.2 Å². The molecular formula is C21H23N5. The fraction of sp³-hybridized carbons (Fsp3) is 0.286. The lowest BCUT2D eigenvalue weighted by molar-refractivity contribution is 0.552. The predicted octanol–water partition coefficient (Wildman–Crippen LogP) is 4.26. The third kappa shape index (κ3) is 3.01. The van der Waals surface area contributed by atoms with Crippen molar-refractivity contribution in [3.8, 4) is 11.4 Å². The van der Waals surface area contributed by atoms with Gasteiger partial charge < -0.3 is 9.13 Å². The molecule has 5 nitrogen and oxygen atoms in total. The maximum absolute atomic E-state index is 4.66. The molecule has 26 heavy (non-hydrogen) atoms. The molecule has 0 atom stereocenters.